The summed E-state index contributed by atoms with van der Waals surface area (Å²) in [4.78, 5) is 25.3. The Balaban J connectivity index is 1.22. The standard InChI is InChI=1S/C26H31NO4/c1-16(26-12-17-7-18(13-26)9-19(8-17)14-26)27-24(28)15-31-25(29)22-10-20-5-3-4-6-21(20)11-23(22)30-2/h3-6,10-11,16-19H,7-9,12-15H2,1-2H3,(H,27,28)/t16-,17?,18?,19?,26?/m1/s1. The van der Waals surface area contributed by atoms with Crippen LogP contribution >= 0.6 is 0 Å². The van der Waals surface area contributed by atoms with E-state index in [0.29, 0.717) is 11.3 Å². The summed E-state index contributed by atoms with van der Waals surface area (Å²) < 4.78 is 10.8. The average Bonchev–Trinajstić information content (AvgIpc) is 2.75. The average molecular weight is 422 g/mol. The quantitative estimate of drug-likeness (QED) is 0.685. The lowest BCUT2D eigenvalue weighted by molar-refractivity contribution is -0.128. The van der Waals surface area contributed by atoms with E-state index in [1.807, 2.05) is 30.3 Å². The molecule has 4 aliphatic rings. The maximum atomic E-state index is 12.7. The van der Waals surface area contributed by atoms with Crippen molar-refractivity contribution >= 4 is 22.6 Å². The molecule has 1 atom stereocenters. The van der Waals surface area contributed by atoms with Gasteiger partial charge in [0, 0.05) is 6.04 Å². The van der Waals surface area contributed by atoms with E-state index >= 15 is 0 Å². The summed E-state index contributed by atoms with van der Waals surface area (Å²) in [5.74, 6) is 2.19. The van der Waals surface area contributed by atoms with Crippen molar-refractivity contribution < 1.29 is 19.1 Å². The first-order valence-electron chi connectivity index (χ1n) is 11.5. The third-order valence-corrected chi connectivity index (χ3v) is 8.00. The molecule has 4 fully saturated rings. The highest BCUT2D eigenvalue weighted by atomic mass is 16.5. The van der Waals surface area contributed by atoms with Crippen molar-refractivity contribution in [3.63, 3.8) is 0 Å². The van der Waals surface area contributed by atoms with Crippen LogP contribution in [0.2, 0.25) is 0 Å². The molecular weight excluding hydrogens is 390 g/mol. The minimum absolute atomic E-state index is 0.113. The first-order chi connectivity index (χ1) is 15.0. The number of fused-ring (bicyclic) bond motifs is 1. The number of amides is 1. The lowest BCUT2D eigenvalue weighted by Gasteiger charge is -2.59. The second kappa shape index (κ2) is 7.85. The Hall–Kier alpha value is -2.56. The summed E-state index contributed by atoms with van der Waals surface area (Å²) in [6.45, 7) is 1.87. The highest BCUT2D eigenvalue weighted by Crippen LogP contribution is 2.61. The van der Waals surface area contributed by atoms with Gasteiger partial charge in [-0.3, -0.25) is 4.79 Å². The molecule has 31 heavy (non-hydrogen) atoms. The zero-order valence-corrected chi connectivity index (χ0v) is 18.4. The Bertz CT molecular complexity index is 978. The highest BCUT2D eigenvalue weighted by Gasteiger charge is 2.53. The van der Waals surface area contributed by atoms with E-state index in [2.05, 4.69) is 12.2 Å². The second-order valence-electron chi connectivity index (χ2n) is 10.0. The molecular formula is C26H31NO4. The first-order valence-corrected chi connectivity index (χ1v) is 11.5. The van der Waals surface area contributed by atoms with Crippen molar-refractivity contribution in [3.8, 4) is 5.75 Å². The molecule has 1 amide bonds. The maximum absolute atomic E-state index is 12.7. The number of benzene rings is 2. The fraction of sp³-hybridized carbons (Fsp3) is 0.538. The predicted octanol–water partition coefficient (Wildman–Crippen LogP) is 4.73. The van der Waals surface area contributed by atoms with Crippen LogP contribution in [0.4, 0.5) is 0 Å². The Morgan fingerprint density at radius 3 is 2.19 bits per heavy atom. The van der Waals surface area contributed by atoms with E-state index in [0.717, 1.165) is 28.5 Å². The van der Waals surface area contributed by atoms with Crippen LogP contribution < -0.4 is 10.1 Å². The minimum Gasteiger partial charge on any atom is -0.496 e. The van der Waals surface area contributed by atoms with Crippen molar-refractivity contribution in [1.82, 2.24) is 5.32 Å². The van der Waals surface area contributed by atoms with Crippen molar-refractivity contribution in [2.75, 3.05) is 13.7 Å². The van der Waals surface area contributed by atoms with Crippen LogP contribution in [0.25, 0.3) is 10.8 Å². The third kappa shape index (κ3) is 3.79. The minimum atomic E-state index is -0.541. The van der Waals surface area contributed by atoms with E-state index in [9.17, 15) is 9.59 Å². The number of carbonyl (C=O) groups is 2. The molecule has 164 valence electrons. The maximum Gasteiger partial charge on any atom is 0.342 e. The third-order valence-electron chi connectivity index (χ3n) is 8.00. The molecule has 0 aliphatic heterocycles. The largest absolute Gasteiger partial charge is 0.496 e. The topological polar surface area (TPSA) is 64.6 Å². The van der Waals surface area contributed by atoms with Crippen molar-refractivity contribution in [3.05, 3.63) is 42.0 Å². The van der Waals surface area contributed by atoms with Gasteiger partial charge in [-0.2, -0.15) is 0 Å². The van der Waals surface area contributed by atoms with Crippen LogP contribution in [0.15, 0.2) is 36.4 Å². The number of rotatable bonds is 6. The monoisotopic (exact) mass is 421 g/mol. The first kappa shape index (κ1) is 20.3. The smallest absolute Gasteiger partial charge is 0.342 e. The van der Waals surface area contributed by atoms with Gasteiger partial charge in [0.1, 0.15) is 11.3 Å². The van der Waals surface area contributed by atoms with Crippen LogP contribution in [0.5, 0.6) is 5.75 Å². The number of hydrogen-bond acceptors (Lipinski definition) is 4. The molecule has 0 spiro atoms. The van der Waals surface area contributed by atoms with Gasteiger partial charge in [0.15, 0.2) is 6.61 Å². The number of methoxy groups -OCH3 is 1. The van der Waals surface area contributed by atoms with Gasteiger partial charge >= 0.3 is 5.97 Å². The van der Waals surface area contributed by atoms with Crippen LogP contribution in [0, 0.1) is 23.2 Å². The van der Waals surface area contributed by atoms with Gasteiger partial charge in [-0.25, -0.2) is 4.79 Å². The molecule has 4 saturated carbocycles. The zero-order chi connectivity index (χ0) is 21.6. The lowest BCUT2D eigenvalue weighted by Crippen LogP contribution is -2.56. The van der Waals surface area contributed by atoms with Gasteiger partial charge in [-0.15, -0.1) is 0 Å². The van der Waals surface area contributed by atoms with Crippen LogP contribution in [0.1, 0.15) is 55.8 Å². The zero-order valence-electron chi connectivity index (χ0n) is 18.4. The molecule has 0 saturated heterocycles. The fourth-order valence-electron chi connectivity index (χ4n) is 6.90. The molecule has 0 heterocycles. The number of hydrogen-bond donors (Lipinski definition) is 1. The molecule has 4 bridgehead atoms. The summed E-state index contributed by atoms with van der Waals surface area (Å²) in [7, 11) is 1.53. The van der Waals surface area contributed by atoms with E-state index in [-0.39, 0.29) is 24.0 Å². The van der Waals surface area contributed by atoms with Gasteiger partial charge in [0.25, 0.3) is 5.91 Å². The van der Waals surface area contributed by atoms with Gasteiger partial charge in [0.2, 0.25) is 0 Å². The van der Waals surface area contributed by atoms with Crippen molar-refractivity contribution in [2.45, 2.75) is 51.5 Å². The van der Waals surface area contributed by atoms with Crippen LogP contribution in [-0.4, -0.2) is 31.6 Å². The second-order valence-corrected chi connectivity index (χ2v) is 10.0. The van der Waals surface area contributed by atoms with E-state index in [4.69, 9.17) is 9.47 Å². The lowest BCUT2D eigenvalue weighted by atomic mass is 9.48. The molecule has 5 heteroatoms. The fourth-order valence-corrected chi connectivity index (χ4v) is 6.90. The number of nitrogens with one attached hydrogen (secondary N) is 1. The Morgan fingerprint density at radius 1 is 1.03 bits per heavy atom. The van der Waals surface area contributed by atoms with Gasteiger partial charge in [-0.1, -0.05) is 24.3 Å². The van der Waals surface area contributed by atoms with E-state index < -0.39 is 5.97 Å². The predicted molar refractivity (Wildman–Crippen MR) is 119 cm³/mol. The summed E-state index contributed by atoms with van der Waals surface area (Å²) in [5.41, 5.74) is 0.568. The Kier molecular flexibility index (Phi) is 5.15. The summed E-state index contributed by atoms with van der Waals surface area (Å²) in [5, 5.41) is 5.06. The summed E-state index contributed by atoms with van der Waals surface area (Å²) >= 11 is 0. The molecule has 0 unspecified atom stereocenters. The van der Waals surface area contributed by atoms with E-state index in [1.165, 1.54) is 45.6 Å². The van der Waals surface area contributed by atoms with Gasteiger partial charge < -0.3 is 14.8 Å². The molecule has 4 aliphatic carbocycles. The molecule has 2 aromatic rings. The van der Waals surface area contributed by atoms with Crippen LogP contribution in [-0.2, 0) is 9.53 Å². The number of esters is 1. The summed E-state index contributed by atoms with van der Waals surface area (Å²) in [6, 6.07) is 11.5. The number of ether oxygens (including phenoxy) is 2. The van der Waals surface area contributed by atoms with E-state index in [1.54, 1.807) is 6.07 Å². The molecule has 6 rings (SSSR count). The van der Waals surface area contributed by atoms with Gasteiger partial charge in [-0.05, 0) is 91.5 Å². The van der Waals surface area contributed by atoms with Crippen molar-refractivity contribution in [2.24, 2.45) is 23.2 Å². The van der Waals surface area contributed by atoms with Crippen molar-refractivity contribution in [1.29, 1.82) is 0 Å². The molecule has 0 radical (unpaired) electrons. The normalized spacial score (nSPS) is 29.5. The summed E-state index contributed by atoms with van der Waals surface area (Å²) in [6.07, 6.45) is 7.83. The molecule has 2 aromatic carbocycles. The molecule has 5 nitrogen and oxygen atoms in total. The molecule has 1 N–H and O–H groups in total. The Labute approximate surface area is 183 Å². The number of carbonyl (C=O) groups excluding carboxylic acids is 2. The Morgan fingerprint density at radius 2 is 1.61 bits per heavy atom. The highest BCUT2D eigenvalue weighted by molar-refractivity contribution is 5.99. The molecule has 0 aromatic heterocycles. The SMILES string of the molecule is COc1cc2ccccc2cc1C(=O)OCC(=O)N[C@H](C)C12CC3CC(CC(C3)C1)C2. The van der Waals surface area contributed by atoms with Crippen LogP contribution in [0.3, 0.4) is 0 Å². The van der Waals surface area contributed by atoms with Gasteiger partial charge in [0.05, 0.1) is 7.11 Å².